The number of ether oxygens (including phenoxy) is 2. The van der Waals surface area contributed by atoms with Crippen LogP contribution in [-0.2, 0) is 18.1 Å². The zero-order chi connectivity index (χ0) is 20.1. The van der Waals surface area contributed by atoms with Crippen molar-refractivity contribution in [2.75, 3.05) is 0 Å². The highest BCUT2D eigenvalue weighted by Crippen LogP contribution is 2.15. The Balaban J connectivity index is 1.48. The van der Waals surface area contributed by atoms with Crippen molar-refractivity contribution in [2.24, 2.45) is 0 Å². The van der Waals surface area contributed by atoms with Crippen molar-refractivity contribution in [3.8, 4) is 5.75 Å². The van der Waals surface area contributed by atoms with Crippen LogP contribution in [-0.4, -0.2) is 21.0 Å². The van der Waals surface area contributed by atoms with Crippen LogP contribution >= 0.6 is 0 Å². The molecule has 0 saturated heterocycles. The highest BCUT2D eigenvalue weighted by molar-refractivity contribution is 5.91. The average Bonchev–Trinajstić information content (AvgIpc) is 2.78. The van der Waals surface area contributed by atoms with Gasteiger partial charge in [-0.3, -0.25) is 4.79 Å². The fourth-order valence-electron chi connectivity index (χ4n) is 2.83. The molecular formula is C22H17N3O4. The molecule has 7 nitrogen and oxygen atoms in total. The first-order valence-electron chi connectivity index (χ1n) is 8.98. The number of rotatable bonds is 6. The first-order chi connectivity index (χ1) is 14.2. The normalized spacial score (nSPS) is 10.6. The van der Waals surface area contributed by atoms with Gasteiger partial charge in [0.1, 0.15) is 17.9 Å². The summed E-state index contributed by atoms with van der Waals surface area (Å²) in [6.07, 6.45) is 0. The molecule has 3 aromatic carbocycles. The monoisotopic (exact) mass is 387 g/mol. The van der Waals surface area contributed by atoms with E-state index in [2.05, 4.69) is 10.3 Å². The molecule has 4 rings (SSSR count). The first-order valence-corrected chi connectivity index (χ1v) is 8.98. The van der Waals surface area contributed by atoms with Crippen LogP contribution in [0.15, 0.2) is 83.7 Å². The minimum Gasteiger partial charge on any atom is -0.489 e. The summed E-state index contributed by atoms with van der Waals surface area (Å²) in [6.45, 7) is -0.117. The summed E-state index contributed by atoms with van der Waals surface area (Å²) >= 11 is 0. The Bertz CT molecular complexity index is 1210. The third kappa shape index (κ3) is 4.14. The molecule has 0 radical (unpaired) electrons. The lowest BCUT2D eigenvalue weighted by Gasteiger charge is -2.11. The molecule has 0 spiro atoms. The molecule has 144 valence electrons. The number of carbonyl (C=O) groups is 1. The van der Waals surface area contributed by atoms with Crippen molar-refractivity contribution in [3.05, 3.63) is 100 Å². The van der Waals surface area contributed by atoms with E-state index in [1.54, 1.807) is 42.5 Å². The molecule has 0 aliphatic heterocycles. The van der Waals surface area contributed by atoms with Gasteiger partial charge in [-0.25, -0.2) is 4.79 Å². The summed E-state index contributed by atoms with van der Waals surface area (Å²) in [4.78, 5) is 25.0. The predicted molar refractivity (Wildman–Crippen MR) is 106 cm³/mol. The Morgan fingerprint density at radius 2 is 1.62 bits per heavy atom. The van der Waals surface area contributed by atoms with E-state index in [4.69, 9.17) is 9.47 Å². The van der Waals surface area contributed by atoms with Crippen LogP contribution in [0.3, 0.4) is 0 Å². The van der Waals surface area contributed by atoms with Crippen LogP contribution in [0.5, 0.6) is 5.75 Å². The fraction of sp³-hybridized carbons (Fsp3) is 0.0909. The van der Waals surface area contributed by atoms with Gasteiger partial charge in [0.25, 0.3) is 5.56 Å². The maximum atomic E-state index is 12.6. The van der Waals surface area contributed by atoms with Gasteiger partial charge in [0.2, 0.25) is 0 Å². The highest BCUT2D eigenvalue weighted by Gasteiger charge is 2.14. The van der Waals surface area contributed by atoms with Gasteiger partial charge in [-0.05, 0) is 30.3 Å². The maximum absolute atomic E-state index is 12.6. The summed E-state index contributed by atoms with van der Waals surface area (Å²) in [5, 5.41) is 8.21. The number of esters is 1. The Kier molecular flexibility index (Phi) is 5.29. The number of aromatic nitrogens is 3. The largest absolute Gasteiger partial charge is 0.489 e. The van der Waals surface area contributed by atoms with Crippen LogP contribution in [0.4, 0.5) is 0 Å². The average molecular weight is 387 g/mol. The zero-order valence-corrected chi connectivity index (χ0v) is 15.4. The standard InChI is InChI=1S/C22H17N3O4/c26-21-19-12-6-7-13-20(19)23-24-25(21)15-29-22(27)18-11-5-4-8-16(18)14-28-17-9-2-1-3-10-17/h1-13H,14-15H2. The predicted octanol–water partition coefficient (Wildman–Crippen LogP) is 3.19. The van der Waals surface area contributed by atoms with Gasteiger partial charge in [0.05, 0.1) is 10.9 Å². The van der Waals surface area contributed by atoms with Gasteiger partial charge in [-0.2, -0.15) is 4.68 Å². The molecular weight excluding hydrogens is 370 g/mol. The highest BCUT2D eigenvalue weighted by atomic mass is 16.5. The van der Waals surface area contributed by atoms with Crippen molar-refractivity contribution in [2.45, 2.75) is 13.3 Å². The van der Waals surface area contributed by atoms with Crippen LogP contribution in [0.1, 0.15) is 15.9 Å². The van der Waals surface area contributed by atoms with Gasteiger partial charge in [0.15, 0.2) is 6.73 Å². The maximum Gasteiger partial charge on any atom is 0.340 e. The summed E-state index contributed by atoms with van der Waals surface area (Å²) in [5.41, 5.74) is 1.16. The molecule has 0 N–H and O–H groups in total. The van der Waals surface area contributed by atoms with Gasteiger partial charge >= 0.3 is 5.97 Å². The van der Waals surface area contributed by atoms with E-state index < -0.39 is 5.97 Å². The quantitative estimate of drug-likeness (QED) is 0.473. The SMILES string of the molecule is O=C(OCn1nnc2ccccc2c1=O)c1ccccc1COc1ccccc1. The number of para-hydroxylation sites is 1. The third-order valence-corrected chi connectivity index (χ3v) is 4.32. The number of hydrogen-bond acceptors (Lipinski definition) is 6. The number of hydrogen-bond donors (Lipinski definition) is 0. The smallest absolute Gasteiger partial charge is 0.340 e. The Morgan fingerprint density at radius 3 is 2.48 bits per heavy atom. The second-order valence-electron chi connectivity index (χ2n) is 6.23. The first kappa shape index (κ1) is 18.4. The Morgan fingerprint density at radius 1 is 0.897 bits per heavy atom. The minimum absolute atomic E-state index is 0.213. The van der Waals surface area contributed by atoms with E-state index in [1.807, 2.05) is 36.4 Å². The van der Waals surface area contributed by atoms with Crippen molar-refractivity contribution in [3.63, 3.8) is 0 Å². The fourth-order valence-corrected chi connectivity index (χ4v) is 2.83. The molecule has 0 atom stereocenters. The topological polar surface area (TPSA) is 83.3 Å². The molecule has 0 aliphatic carbocycles. The van der Waals surface area contributed by atoms with E-state index >= 15 is 0 Å². The van der Waals surface area contributed by atoms with E-state index in [0.717, 1.165) is 4.68 Å². The molecule has 0 saturated carbocycles. The number of nitrogens with zero attached hydrogens (tertiary/aromatic N) is 3. The van der Waals surface area contributed by atoms with Gasteiger partial charge < -0.3 is 9.47 Å². The van der Waals surface area contributed by atoms with Crippen molar-refractivity contribution in [1.82, 2.24) is 15.0 Å². The third-order valence-electron chi connectivity index (χ3n) is 4.32. The zero-order valence-electron chi connectivity index (χ0n) is 15.4. The van der Waals surface area contributed by atoms with Gasteiger partial charge in [0, 0.05) is 5.56 Å². The van der Waals surface area contributed by atoms with Crippen LogP contribution in [0, 0.1) is 0 Å². The lowest BCUT2D eigenvalue weighted by atomic mass is 10.1. The van der Waals surface area contributed by atoms with Gasteiger partial charge in [-0.1, -0.05) is 53.7 Å². The summed E-state index contributed by atoms with van der Waals surface area (Å²) in [6, 6.07) is 23.2. The summed E-state index contributed by atoms with van der Waals surface area (Å²) in [5.74, 6) is 0.132. The minimum atomic E-state index is -0.570. The Hall–Kier alpha value is -4.00. The second kappa shape index (κ2) is 8.35. The number of fused-ring (bicyclic) bond motifs is 1. The summed E-state index contributed by atoms with van der Waals surface area (Å²) < 4.78 is 12.0. The number of carbonyl (C=O) groups excluding carboxylic acids is 1. The van der Waals surface area contributed by atoms with E-state index in [1.165, 1.54) is 0 Å². The van der Waals surface area contributed by atoms with E-state index in [9.17, 15) is 9.59 Å². The summed E-state index contributed by atoms with van der Waals surface area (Å²) in [7, 11) is 0. The number of benzene rings is 3. The van der Waals surface area contributed by atoms with Crippen molar-refractivity contribution < 1.29 is 14.3 Å². The molecule has 1 aromatic heterocycles. The van der Waals surface area contributed by atoms with Crippen molar-refractivity contribution in [1.29, 1.82) is 0 Å². The molecule has 0 unspecified atom stereocenters. The molecule has 0 fully saturated rings. The Labute approximate surface area is 166 Å². The molecule has 4 aromatic rings. The van der Waals surface area contributed by atoms with E-state index in [-0.39, 0.29) is 18.9 Å². The molecule has 29 heavy (non-hydrogen) atoms. The molecule has 0 aliphatic rings. The molecule has 1 heterocycles. The molecule has 0 amide bonds. The van der Waals surface area contributed by atoms with Gasteiger partial charge in [-0.15, -0.1) is 5.10 Å². The lowest BCUT2D eigenvalue weighted by Crippen LogP contribution is -2.26. The van der Waals surface area contributed by atoms with Crippen molar-refractivity contribution >= 4 is 16.9 Å². The molecule has 0 bridgehead atoms. The van der Waals surface area contributed by atoms with E-state index in [0.29, 0.717) is 27.8 Å². The second-order valence-corrected chi connectivity index (χ2v) is 6.23. The van der Waals surface area contributed by atoms with Crippen LogP contribution < -0.4 is 10.3 Å². The van der Waals surface area contributed by atoms with Crippen LogP contribution in [0.2, 0.25) is 0 Å². The van der Waals surface area contributed by atoms with Crippen LogP contribution in [0.25, 0.3) is 10.9 Å². The lowest BCUT2D eigenvalue weighted by molar-refractivity contribution is 0.0333. The molecule has 7 heteroatoms.